The second-order valence-electron chi connectivity index (χ2n) is 7.58. The van der Waals surface area contributed by atoms with Crippen molar-refractivity contribution in [1.29, 1.82) is 0 Å². The van der Waals surface area contributed by atoms with Crippen molar-refractivity contribution in [3.05, 3.63) is 44.1 Å². The third-order valence-corrected chi connectivity index (χ3v) is 7.91. The average molecular weight is 463 g/mol. The van der Waals surface area contributed by atoms with Gasteiger partial charge in [-0.05, 0) is 51.3 Å². The highest BCUT2D eigenvalue weighted by Crippen LogP contribution is 2.35. The first-order valence-electron chi connectivity index (χ1n) is 9.96. The number of fused-ring (bicyclic) bond motifs is 1. The highest BCUT2D eigenvalue weighted by molar-refractivity contribution is 8.00. The van der Waals surface area contributed by atoms with Crippen LogP contribution in [0, 0.1) is 13.8 Å². The average Bonchev–Trinajstić information content (AvgIpc) is 3.32. The van der Waals surface area contributed by atoms with E-state index in [-0.39, 0.29) is 17.5 Å². The molecule has 6 nitrogen and oxygen atoms in total. The molecule has 1 amide bonds. The Bertz CT molecular complexity index is 1150. The molecule has 3 heterocycles. The summed E-state index contributed by atoms with van der Waals surface area (Å²) in [5.74, 6) is 0.249. The molecule has 1 N–H and O–H groups in total. The first-order valence-corrected chi connectivity index (χ1v) is 12.0. The van der Waals surface area contributed by atoms with Gasteiger partial charge in [0.1, 0.15) is 10.6 Å². The Morgan fingerprint density at radius 2 is 2.07 bits per heavy atom. The van der Waals surface area contributed by atoms with Crippen LogP contribution in [0.3, 0.4) is 0 Å². The topological polar surface area (TPSA) is 76.9 Å². The van der Waals surface area contributed by atoms with Crippen LogP contribution in [-0.2, 0) is 4.79 Å². The molecule has 0 aromatic carbocycles. The van der Waals surface area contributed by atoms with Crippen molar-refractivity contribution in [2.24, 2.45) is 0 Å². The Hall–Kier alpha value is -1.90. The molecule has 1 aliphatic rings. The van der Waals surface area contributed by atoms with Crippen LogP contribution in [0.5, 0.6) is 0 Å². The molecule has 0 aliphatic heterocycles. The largest absolute Gasteiger partial charge is 0.310 e. The number of nitrogens with one attached hydrogen (secondary N) is 1. The molecule has 3 aromatic rings. The van der Waals surface area contributed by atoms with E-state index in [1.807, 2.05) is 25.3 Å². The first kappa shape index (κ1) is 21.3. The number of hydrogen-bond acceptors (Lipinski definition) is 6. The molecule has 0 spiro atoms. The molecule has 1 atom stereocenters. The van der Waals surface area contributed by atoms with Gasteiger partial charge in [0, 0.05) is 17.1 Å². The van der Waals surface area contributed by atoms with Crippen LogP contribution >= 0.6 is 34.7 Å². The van der Waals surface area contributed by atoms with E-state index in [1.165, 1.54) is 29.3 Å². The van der Waals surface area contributed by atoms with Gasteiger partial charge in [-0.2, -0.15) is 0 Å². The summed E-state index contributed by atoms with van der Waals surface area (Å²) in [6.07, 6.45) is 5.65. The van der Waals surface area contributed by atoms with Crippen molar-refractivity contribution in [2.45, 2.75) is 62.9 Å². The number of carbonyl (C=O) groups excluding carboxylic acids is 1. The van der Waals surface area contributed by atoms with E-state index in [2.05, 4.69) is 10.3 Å². The molecule has 30 heavy (non-hydrogen) atoms. The van der Waals surface area contributed by atoms with Gasteiger partial charge in [0.25, 0.3) is 5.56 Å². The lowest BCUT2D eigenvalue weighted by molar-refractivity contribution is -0.115. The minimum absolute atomic E-state index is 0.0169. The SMILES string of the molecule is Cc1sc2nc(SC(C)C(=O)Nc3ccc(Cl)cn3)n(C3CCCC3)c(=O)c2c1C. The zero-order valence-electron chi connectivity index (χ0n) is 17.1. The first-order chi connectivity index (χ1) is 14.3. The highest BCUT2D eigenvalue weighted by atomic mass is 35.5. The van der Waals surface area contributed by atoms with Crippen molar-refractivity contribution < 1.29 is 4.79 Å². The minimum Gasteiger partial charge on any atom is -0.310 e. The highest BCUT2D eigenvalue weighted by Gasteiger charge is 2.27. The number of nitrogens with zero attached hydrogens (tertiary/aromatic N) is 3. The maximum atomic E-state index is 13.4. The zero-order chi connectivity index (χ0) is 21.4. The molecular formula is C21H23ClN4O2S2. The van der Waals surface area contributed by atoms with Crippen LogP contribution < -0.4 is 10.9 Å². The predicted octanol–water partition coefficient (Wildman–Crippen LogP) is 5.36. The van der Waals surface area contributed by atoms with Gasteiger partial charge in [-0.3, -0.25) is 14.2 Å². The molecular weight excluding hydrogens is 440 g/mol. The van der Waals surface area contributed by atoms with Crippen molar-refractivity contribution in [2.75, 3.05) is 5.32 Å². The molecule has 9 heteroatoms. The van der Waals surface area contributed by atoms with E-state index in [9.17, 15) is 9.59 Å². The predicted molar refractivity (Wildman–Crippen MR) is 124 cm³/mol. The fourth-order valence-corrected chi connectivity index (χ4v) is 5.91. The Kier molecular flexibility index (Phi) is 6.18. The number of carbonyl (C=O) groups is 1. The van der Waals surface area contributed by atoms with Gasteiger partial charge in [-0.25, -0.2) is 9.97 Å². The van der Waals surface area contributed by atoms with E-state index in [0.717, 1.165) is 46.3 Å². The van der Waals surface area contributed by atoms with Crippen molar-refractivity contribution in [3.8, 4) is 0 Å². The minimum atomic E-state index is -0.443. The molecule has 1 saturated carbocycles. The number of halogens is 1. The van der Waals surface area contributed by atoms with Gasteiger partial charge in [0.2, 0.25) is 5.91 Å². The Labute approximate surface area is 188 Å². The number of pyridine rings is 1. The lowest BCUT2D eigenvalue weighted by Gasteiger charge is -2.20. The summed E-state index contributed by atoms with van der Waals surface area (Å²) in [4.78, 5) is 37.0. The molecule has 1 unspecified atom stereocenters. The summed E-state index contributed by atoms with van der Waals surface area (Å²) in [5.41, 5.74) is 1.03. The van der Waals surface area contributed by atoms with E-state index in [0.29, 0.717) is 16.0 Å². The van der Waals surface area contributed by atoms with E-state index in [4.69, 9.17) is 16.6 Å². The number of thiophene rings is 1. The summed E-state index contributed by atoms with van der Waals surface area (Å²) in [5, 5.41) is 4.20. The lowest BCUT2D eigenvalue weighted by Crippen LogP contribution is -2.29. The van der Waals surface area contributed by atoms with E-state index >= 15 is 0 Å². The van der Waals surface area contributed by atoms with Gasteiger partial charge in [-0.15, -0.1) is 11.3 Å². The third kappa shape index (κ3) is 4.13. The number of hydrogen-bond donors (Lipinski definition) is 1. The van der Waals surface area contributed by atoms with Crippen LogP contribution in [0.2, 0.25) is 5.02 Å². The third-order valence-electron chi connectivity index (χ3n) is 5.52. The van der Waals surface area contributed by atoms with Gasteiger partial charge in [0.05, 0.1) is 15.7 Å². The fourth-order valence-electron chi connectivity index (χ4n) is 3.74. The Morgan fingerprint density at radius 3 is 2.73 bits per heavy atom. The van der Waals surface area contributed by atoms with Gasteiger partial charge >= 0.3 is 0 Å². The number of anilines is 1. The van der Waals surface area contributed by atoms with Gasteiger partial charge in [-0.1, -0.05) is 36.2 Å². The molecule has 4 rings (SSSR count). The quantitative estimate of drug-likeness (QED) is 0.408. The molecule has 3 aromatic heterocycles. The second kappa shape index (κ2) is 8.69. The standard InChI is InChI=1S/C21H23ClN4O2S2/c1-11-12(2)29-19-17(11)20(28)26(15-6-4-5-7-15)21(25-19)30-13(3)18(27)24-16-9-8-14(22)10-23-16/h8-10,13,15H,4-7H2,1-3H3,(H,23,24,27). The normalized spacial score (nSPS) is 15.6. The summed E-state index contributed by atoms with van der Waals surface area (Å²) in [6.45, 7) is 5.82. The Balaban J connectivity index is 1.66. The van der Waals surface area contributed by atoms with E-state index < -0.39 is 5.25 Å². The molecule has 0 radical (unpaired) electrons. The fraction of sp³-hybridized carbons (Fsp3) is 0.429. The van der Waals surface area contributed by atoms with Crippen molar-refractivity contribution in [3.63, 3.8) is 0 Å². The van der Waals surface area contributed by atoms with Crippen molar-refractivity contribution >= 4 is 56.6 Å². The number of aromatic nitrogens is 3. The monoisotopic (exact) mass is 462 g/mol. The van der Waals surface area contributed by atoms with Gasteiger partial charge < -0.3 is 5.32 Å². The lowest BCUT2D eigenvalue weighted by atomic mass is 10.2. The summed E-state index contributed by atoms with van der Waals surface area (Å²) >= 11 is 8.72. The van der Waals surface area contributed by atoms with Crippen LogP contribution in [-0.4, -0.2) is 25.7 Å². The summed E-state index contributed by atoms with van der Waals surface area (Å²) in [7, 11) is 0. The summed E-state index contributed by atoms with van der Waals surface area (Å²) < 4.78 is 1.84. The second-order valence-corrected chi connectivity index (χ2v) is 10.5. The number of amides is 1. The van der Waals surface area contributed by atoms with Gasteiger partial charge in [0.15, 0.2) is 5.16 Å². The number of aryl methyl sites for hydroxylation is 2. The van der Waals surface area contributed by atoms with Crippen LogP contribution in [0.1, 0.15) is 49.1 Å². The number of thioether (sulfide) groups is 1. The maximum Gasteiger partial charge on any atom is 0.263 e. The molecule has 1 aliphatic carbocycles. The molecule has 0 bridgehead atoms. The van der Waals surface area contributed by atoms with Crippen LogP contribution in [0.25, 0.3) is 10.2 Å². The van der Waals surface area contributed by atoms with Crippen molar-refractivity contribution in [1.82, 2.24) is 14.5 Å². The molecule has 0 saturated heterocycles. The van der Waals surface area contributed by atoms with Crippen LogP contribution in [0.15, 0.2) is 28.3 Å². The zero-order valence-corrected chi connectivity index (χ0v) is 19.5. The molecule has 1 fully saturated rings. The Morgan fingerprint density at radius 1 is 1.33 bits per heavy atom. The number of rotatable bonds is 5. The summed E-state index contributed by atoms with van der Waals surface area (Å²) in [6, 6.07) is 3.48. The van der Waals surface area contributed by atoms with E-state index in [1.54, 1.807) is 12.1 Å². The van der Waals surface area contributed by atoms with Crippen LogP contribution in [0.4, 0.5) is 5.82 Å². The maximum absolute atomic E-state index is 13.4. The molecule has 158 valence electrons. The smallest absolute Gasteiger partial charge is 0.263 e.